The number of carbonyl (C=O) groups is 3. The largest absolute Gasteiger partial charge is 0.481 e. The Morgan fingerprint density at radius 3 is 2.62 bits per heavy atom. The molecular weight excluding hydrogens is 428 g/mol. The molecule has 2 unspecified atom stereocenters. The van der Waals surface area contributed by atoms with Gasteiger partial charge in [-0.1, -0.05) is 36.4 Å². The van der Waals surface area contributed by atoms with Crippen molar-refractivity contribution < 1.29 is 24.6 Å². The molecule has 3 fully saturated rings. The lowest BCUT2D eigenvalue weighted by Crippen LogP contribution is -2.56. The number of carboxylic acids is 1. The zero-order valence-electron chi connectivity index (χ0n) is 18.4. The van der Waals surface area contributed by atoms with Crippen molar-refractivity contribution in [3.63, 3.8) is 0 Å². The highest BCUT2D eigenvalue weighted by Gasteiger charge is 2.77. The van der Waals surface area contributed by atoms with Gasteiger partial charge >= 0.3 is 5.97 Å². The fourth-order valence-corrected chi connectivity index (χ4v) is 8.28. The van der Waals surface area contributed by atoms with Crippen LogP contribution < -0.4 is 0 Å². The number of amides is 2. The molecule has 0 saturated carbocycles. The molecule has 3 saturated heterocycles. The van der Waals surface area contributed by atoms with Gasteiger partial charge in [-0.05, 0) is 32.3 Å². The molecule has 8 heteroatoms. The minimum absolute atomic E-state index is 0.215. The average Bonchev–Trinajstić information content (AvgIpc) is 3.34. The molecule has 0 aliphatic carbocycles. The summed E-state index contributed by atoms with van der Waals surface area (Å²) in [5.74, 6) is -3.15. The van der Waals surface area contributed by atoms with E-state index in [0.29, 0.717) is 25.9 Å². The van der Waals surface area contributed by atoms with Gasteiger partial charge in [0.05, 0.1) is 29.2 Å². The van der Waals surface area contributed by atoms with Gasteiger partial charge in [0.15, 0.2) is 0 Å². The van der Waals surface area contributed by atoms with Crippen molar-refractivity contribution in [2.45, 2.75) is 54.8 Å². The van der Waals surface area contributed by atoms with E-state index >= 15 is 0 Å². The quantitative estimate of drug-likeness (QED) is 0.580. The van der Waals surface area contributed by atoms with Crippen molar-refractivity contribution in [3.05, 3.63) is 48.6 Å². The molecule has 3 aliphatic heterocycles. The summed E-state index contributed by atoms with van der Waals surface area (Å²) in [6, 6.07) is 8.21. The molecule has 1 aromatic rings. The maximum absolute atomic E-state index is 14.1. The maximum atomic E-state index is 14.1. The molecule has 0 aromatic heterocycles. The smallest absolute Gasteiger partial charge is 0.308 e. The van der Waals surface area contributed by atoms with Gasteiger partial charge in [-0.25, -0.2) is 0 Å². The minimum Gasteiger partial charge on any atom is -0.481 e. The van der Waals surface area contributed by atoms with Crippen LogP contribution in [-0.4, -0.2) is 72.5 Å². The van der Waals surface area contributed by atoms with Crippen molar-refractivity contribution in [2.75, 3.05) is 13.2 Å². The number of hydrogen-bond donors (Lipinski definition) is 2. The highest BCUT2D eigenvalue weighted by atomic mass is 32.2. The molecule has 3 aliphatic rings. The van der Waals surface area contributed by atoms with E-state index in [0.717, 1.165) is 5.56 Å². The van der Waals surface area contributed by atoms with Crippen LogP contribution in [-0.2, 0) is 20.9 Å². The Labute approximate surface area is 192 Å². The highest BCUT2D eigenvalue weighted by Crippen LogP contribution is 2.71. The third-order valence-electron chi connectivity index (χ3n) is 7.33. The number of rotatable bonds is 8. The molecular formula is C24H30N2O5S. The Morgan fingerprint density at radius 2 is 2.03 bits per heavy atom. The van der Waals surface area contributed by atoms with Gasteiger partial charge in [0.25, 0.3) is 0 Å². The zero-order chi connectivity index (χ0) is 23.3. The van der Waals surface area contributed by atoms with Crippen LogP contribution in [0.4, 0.5) is 0 Å². The van der Waals surface area contributed by atoms with E-state index in [9.17, 15) is 24.6 Å². The number of carbonyl (C=O) groups excluding carboxylic acids is 2. The number of hydrogen-bond acceptors (Lipinski definition) is 5. The average molecular weight is 459 g/mol. The van der Waals surface area contributed by atoms with Crippen LogP contribution in [0.1, 0.15) is 32.3 Å². The number of benzene rings is 1. The fraction of sp³-hybridized carbons (Fsp3) is 0.542. The van der Waals surface area contributed by atoms with Crippen molar-refractivity contribution in [1.82, 2.24) is 9.80 Å². The Balaban J connectivity index is 1.77. The van der Waals surface area contributed by atoms with Crippen molar-refractivity contribution in [2.24, 2.45) is 11.8 Å². The Kier molecular flexibility index (Phi) is 5.88. The van der Waals surface area contributed by atoms with Gasteiger partial charge < -0.3 is 20.0 Å². The number of fused-ring (bicyclic) bond motifs is 1. The van der Waals surface area contributed by atoms with E-state index in [1.165, 1.54) is 16.7 Å². The van der Waals surface area contributed by atoms with Crippen LogP contribution in [0, 0.1) is 11.8 Å². The topological polar surface area (TPSA) is 98.2 Å². The van der Waals surface area contributed by atoms with Crippen molar-refractivity contribution in [1.29, 1.82) is 0 Å². The first-order valence-electron chi connectivity index (χ1n) is 11.0. The number of aliphatic hydroxyl groups is 1. The van der Waals surface area contributed by atoms with E-state index < -0.39 is 39.4 Å². The summed E-state index contributed by atoms with van der Waals surface area (Å²) in [4.78, 5) is 43.1. The lowest BCUT2D eigenvalue weighted by atomic mass is 9.66. The minimum atomic E-state index is -0.989. The second-order valence-corrected chi connectivity index (χ2v) is 11.2. The lowest BCUT2D eigenvalue weighted by molar-refractivity contribution is -0.151. The van der Waals surface area contributed by atoms with Gasteiger partial charge in [0.1, 0.15) is 6.04 Å². The monoisotopic (exact) mass is 458 g/mol. The molecule has 2 N–H and O–H groups in total. The molecule has 1 spiro atoms. The van der Waals surface area contributed by atoms with E-state index in [4.69, 9.17) is 0 Å². The van der Waals surface area contributed by atoms with Crippen LogP contribution in [0.15, 0.2) is 43.0 Å². The Morgan fingerprint density at radius 1 is 1.34 bits per heavy atom. The van der Waals surface area contributed by atoms with Crippen LogP contribution in [0.3, 0.4) is 0 Å². The Hall–Kier alpha value is -2.32. The highest BCUT2D eigenvalue weighted by molar-refractivity contribution is 8.02. The number of aliphatic carboxylic acids is 1. The van der Waals surface area contributed by atoms with Gasteiger partial charge in [-0.15, -0.1) is 18.3 Å². The summed E-state index contributed by atoms with van der Waals surface area (Å²) < 4.78 is -1.38. The van der Waals surface area contributed by atoms with Gasteiger partial charge in [-0.3, -0.25) is 14.4 Å². The summed E-state index contributed by atoms with van der Waals surface area (Å²) in [6.45, 7) is 7.79. The van der Waals surface area contributed by atoms with E-state index in [-0.39, 0.29) is 18.4 Å². The summed E-state index contributed by atoms with van der Waals surface area (Å²) in [6.07, 6.45) is 2.91. The molecule has 3 heterocycles. The predicted octanol–water partition coefficient (Wildman–Crippen LogP) is 2.15. The first-order valence-corrected chi connectivity index (χ1v) is 11.8. The SMILES string of the molecule is C=CCN(Cc1ccccc1)C(=O)C1N([C@H](C)CO)C(=O)[C@@H]2[C@@H](C(=O)O)[C@@]3(C)CCC12S3. The molecule has 4 rings (SSSR count). The molecule has 2 bridgehead atoms. The molecule has 6 atom stereocenters. The molecule has 32 heavy (non-hydrogen) atoms. The second kappa shape index (κ2) is 8.23. The van der Waals surface area contributed by atoms with E-state index in [1.807, 2.05) is 37.3 Å². The van der Waals surface area contributed by atoms with Crippen LogP contribution >= 0.6 is 11.8 Å². The second-order valence-electron chi connectivity index (χ2n) is 9.34. The van der Waals surface area contributed by atoms with Gasteiger partial charge in [-0.2, -0.15) is 0 Å². The zero-order valence-corrected chi connectivity index (χ0v) is 19.3. The summed E-state index contributed by atoms with van der Waals surface area (Å²) in [5.41, 5.74) is 0.960. The van der Waals surface area contributed by atoms with Gasteiger partial charge in [0, 0.05) is 17.8 Å². The van der Waals surface area contributed by atoms with Gasteiger partial charge in [0.2, 0.25) is 11.8 Å². The molecule has 0 radical (unpaired) electrons. The lowest BCUT2D eigenvalue weighted by Gasteiger charge is -2.38. The molecule has 1 aromatic carbocycles. The molecule has 7 nitrogen and oxygen atoms in total. The third-order valence-corrected chi connectivity index (χ3v) is 9.32. The van der Waals surface area contributed by atoms with Crippen LogP contribution in [0.5, 0.6) is 0 Å². The van der Waals surface area contributed by atoms with Crippen LogP contribution in [0.2, 0.25) is 0 Å². The third kappa shape index (κ3) is 3.27. The normalized spacial score (nSPS) is 33.8. The fourth-order valence-electron chi connectivity index (χ4n) is 5.95. The number of nitrogens with zero attached hydrogens (tertiary/aromatic N) is 2. The maximum Gasteiger partial charge on any atom is 0.308 e. The predicted molar refractivity (Wildman–Crippen MR) is 122 cm³/mol. The van der Waals surface area contributed by atoms with Crippen molar-refractivity contribution in [3.8, 4) is 0 Å². The van der Waals surface area contributed by atoms with E-state index in [2.05, 4.69) is 6.58 Å². The van der Waals surface area contributed by atoms with E-state index in [1.54, 1.807) is 17.9 Å². The first-order chi connectivity index (χ1) is 15.2. The molecule has 172 valence electrons. The van der Waals surface area contributed by atoms with Crippen molar-refractivity contribution >= 4 is 29.5 Å². The molecule has 2 amide bonds. The number of thioether (sulfide) groups is 1. The Bertz CT molecular complexity index is 940. The first kappa shape index (κ1) is 22.9. The summed E-state index contributed by atoms with van der Waals surface area (Å²) in [5, 5.41) is 19.9. The standard InChI is InChI=1S/C24H30N2O5S/c1-4-12-25(13-16-8-6-5-7-9-16)21(29)19-24-11-10-23(3,32-24)18(22(30)31)17(24)20(28)26(19)15(2)14-27/h4-9,15,17-19,27H,1,10-14H2,2-3H3,(H,30,31)/t15-,17+,18+,19?,23-,24?/m1/s1. The summed E-state index contributed by atoms with van der Waals surface area (Å²) in [7, 11) is 0. The number of carboxylic acid groups (broad SMARTS) is 1. The number of aliphatic hydroxyl groups excluding tert-OH is 1. The van der Waals surface area contributed by atoms with Crippen LogP contribution in [0.25, 0.3) is 0 Å². The summed E-state index contributed by atoms with van der Waals surface area (Å²) >= 11 is 1.50. The number of likely N-dealkylation sites (tertiary alicyclic amines) is 1.